The first-order valence-electron chi connectivity index (χ1n) is 8.55. The molecule has 2 heterocycles. The van der Waals surface area contributed by atoms with Crippen LogP contribution in [0, 0.1) is 0 Å². The van der Waals surface area contributed by atoms with Gasteiger partial charge < -0.3 is 14.8 Å². The van der Waals surface area contributed by atoms with Crippen LogP contribution in [0.25, 0.3) is 10.9 Å². The van der Waals surface area contributed by atoms with Gasteiger partial charge in [0.1, 0.15) is 19.8 Å². The zero-order valence-corrected chi connectivity index (χ0v) is 14.7. The van der Waals surface area contributed by atoms with Crippen LogP contribution in [-0.2, 0) is 11.3 Å². The Kier molecular flexibility index (Phi) is 4.63. The Hall–Kier alpha value is -3.88. The SMILES string of the molecule is O=C(Cn1cnc2ccccc2c1=O)NC(=O)Nc1ccc2c(c1)OCCO2. The lowest BCUT2D eigenvalue weighted by Gasteiger charge is -2.19. The first kappa shape index (κ1) is 17.5. The third-order valence-electron chi connectivity index (χ3n) is 4.10. The second-order valence-corrected chi connectivity index (χ2v) is 6.06. The number of fused-ring (bicyclic) bond motifs is 2. The van der Waals surface area contributed by atoms with Crippen molar-refractivity contribution in [3.05, 3.63) is 59.1 Å². The predicted molar refractivity (Wildman–Crippen MR) is 101 cm³/mol. The summed E-state index contributed by atoms with van der Waals surface area (Å²) in [4.78, 5) is 40.7. The van der Waals surface area contributed by atoms with Crippen molar-refractivity contribution in [1.82, 2.24) is 14.9 Å². The minimum Gasteiger partial charge on any atom is -0.486 e. The minimum atomic E-state index is -0.719. The first-order valence-corrected chi connectivity index (χ1v) is 8.55. The van der Waals surface area contributed by atoms with Gasteiger partial charge in [-0.2, -0.15) is 0 Å². The Balaban J connectivity index is 1.40. The number of nitrogens with one attached hydrogen (secondary N) is 2. The maximum absolute atomic E-state index is 12.4. The average molecular weight is 380 g/mol. The van der Waals surface area contributed by atoms with Crippen molar-refractivity contribution < 1.29 is 19.1 Å². The van der Waals surface area contributed by atoms with E-state index in [0.717, 1.165) is 4.57 Å². The summed E-state index contributed by atoms with van der Waals surface area (Å²) in [6.45, 7) is 0.568. The number of benzene rings is 2. The van der Waals surface area contributed by atoms with E-state index >= 15 is 0 Å². The van der Waals surface area contributed by atoms with E-state index in [1.54, 1.807) is 42.5 Å². The number of carbonyl (C=O) groups excluding carboxylic acids is 2. The Morgan fingerprint density at radius 3 is 2.71 bits per heavy atom. The largest absolute Gasteiger partial charge is 0.486 e. The van der Waals surface area contributed by atoms with Gasteiger partial charge in [0.25, 0.3) is 5.56 Å². The van der Waals surface area contributed by atoms with Crippen LogP contribution in [-0.4, -0.2) is 34.7 Å². The summed E-state index contributed by atoms with van der Waals surface area (Å²) < 4.78 is 12.0. The number of para-hydroxylation sites is 1. The van der Waals surface area contributed by atoms with Crippen LogP contribution < -0.4 is 25.7 Å². The van der Waals surface area contributed by atoms with Crippen molar-refractivity contribution in [3.8, 4) is 11.5 Å². The molecule has 0 atom stereocenters. The standard InChI is InChI=1S/C19H16N4O5/c24-17(10-23-11-20-14-4-2-1-3-13(14)18(23)25)22-19(26)21-12-5-6-15-16(9-12)28-8-7-27-15/h1-6,9,11H,7-8,10H2,(H2,21,22,24,26). The molecular formula is C19H16N4O5. The predicted octanol–water partition coefficient (Wildman–Crippen LogP) is 1.52. The number of rotatable bonds is 3. The highest BCUT2D eigenvalue weighted by molar-refractivity contribution is 6.01. The summed E-state index contributed by atoms with van der Waals surface area (Å²) in [5.41, 5.74) is 0.632. The Bertz CT molecular complexity index is 1120. The van der Waals surface area contributed by atoms with Crippen LogP contribution in [0.5, 0.6) is 11.5 Å². The molecule has 3 amide bonds. The minimum absolute atomic E-state index is 0.328. The van der Waals surface area contributed by atoms with Crippen molar-refractivity contribution >= 4 is 28.5 Å². The smallest absolute Gasteiger partial charge is 0.325 e. The van der Waals surface area contributed by atoms with E-state index in [9.17, 15) is 14.4 Å². The van der Waals surface area contributed by atoms with Gasteiger partial charge in [0, 0.05) is 11.8 Å². The molecule has 0 radical (unpaired) electrons. The van der Waals surface area contributed by atoms with Gasteiger partial charge in [-0.15, -0.1) is 0 Å². The third-order valence-corrected chi connectivity index (χ3v) is 4.10. The molecule has 0 bridgehead atoms. The van der Waals surface area contributed by atoms with E-state index in [2.05, 4.69) is 15.6 Å². The molecule has 28 heavy (non-hydrogen) atoms. The van der Waals surface area contributed by atoms with E-state index in [4.69, 9.17) is 9.47 Å². The first-order chi connectivity index (χ1) is 13.6. The maximum atomic E-state index is 12.4. The zero-order chi connectivity index (χ0) is 19.5. The van der Waals surface area contributed by atoms with Crippen molar-refractivity contribution in [2.45, 2.75) is 6.54 Å². The van der Waals surface area contributed by atoms with Gasteiger partial charge >= 0.3 is 6.03 Å². The molecule has 9 heteroatoms. The zero-order valence-electron chi connectivity index (χ0n) is 14.7. The number of anilines is 1. The average Bonchev–Trinajstić information content (AvgIpc) is 2.70. The Morgan fingerprint density at radius 2 is 1.86 bits per heavy atom. The molecule has 0 saturated heterocycles. The van der Waals surface area contributed by atoms with Crippen molar-refractivity contribution in [2.75, 3.05) is 18.5 Å². The molecule has 2 N–H and O–H groups in total. The number of imide groups is 1. The highest BCUT2D eigenvalue weighted by Crippen LogP contribution is 2.32. The van der Waals surface area contributed by atoms with Gasteiger partial charge in [0.2, 0.25) is 5.91 Å². The van der Waals surface area contributed by atoms with E-state index < -0.39 is 11.9 Å². The molecule has 0 aliphatic carbocycles. The normalized spacial score (nSPS) is 12.4. The lowest BCUT2D eigenvalue weighted by atomic mass is 10.2. The summed E-state index contributed by atoms with van der Waals surface area (Å²) in [6, 6.07) is 11.0. The highest BCUT2D eigenvalue weighted by Gasteiger charge is 2.14. The lowest BCUT2D eigenvalue weighted by molar-refractivity contribution is -0.120. The Labute approximate surface area is 158 Å². The van der Waals surface area contributed by atoms with Crippen molar-refractivity contribution in [3.63, 3.8) is 0 Å². The van der Waals surface area contributed by atoms with Gasteiger partial charge in [-0.3, -0.25) is 19.5 Å². The maximum Gasteiger partial charge on any atom is 0.325 e. The fourth-order valence-corrected chi connectivity index (χ4v) is 2.82. The fraction of sp³-hybridized carbons (Fsp3) is 0.158. The lowest BCUT2D eigenvalue weighted by Crippen LogP contribution is -2.38. The van der Waals surface area contributed by atoms with Crippen LogP contribution in [0.2, 0.25) is 0 Å². The number of hydrogen-bond donors (Lipinski definition) is 2. The number of aromatic nitrogens is 2. The second-order valence-electron chi connectivity index (χ2n) is 6.06. The fourth-order valence-electron chi connectivity index (χ4n) is 2.82. The molecule has 2 aromatic carbocycles. The van der Waals surface area contributed by atoms with Crippen LogP contribution in [0.4, 0.5) is 10.5 Å². The van der Waals surface area contributed by atoms with E-state index in [0.29, 0.717) is 41.3 Å². The van der Waals surface area contributed by atoms with Gasteiger partial charge in [-0.25, -0.2) is 9.78 Å². The van der Waals surface area contributed by atoms with Crippen LogP contribution in [0.1, 0.15) is 0 Å². The number of urea groups is 1. The number of carbonyl (C=O) groups is 2. The monoisotopic (exact) mass is 380 g/mol. The summed E-state index contributed by atoms with van der Waals surface area (Å²) in [5.74, 6) is 0.467. The van der Waals surface area contributed by atoms with Crippen LogP contribution in [0.3, 0.4) is 0 Å². The summed E-state index contributed by atoms with van der Waals surface area (Å²) >= 11 is 0. The molecule has 142 valence electrons. The molecule has 9 nitrogen and oxygen atoms in total. The van der Waals surface area contributed by atoms with Gasteiger partial charge in [-0.1, -0.05) is 12.1 Å². The van der Waals surface area contributed by atoms with Gasteiger partial charge in [0.15, 0.2) is 11.5 Å². The molecular weight excluding hydrogens is 364 g/mol. The molecule has 0 saturated carbocycles. The van der Waals surface area contributed by atoms with Crippen LogP contribution in [0.15, 0.2) is 53.6 Å². The second kappa shape index (κ2) is 7.39. The number of nitrogens with zero attached hydrogens (tertiary/aromatic N) is 2. The Morgan fingerprint density at radius 1 is 1.07 bits per heavy atom. The topological polar surface area (TPSA) is 112 Å². The summed E-state index contributed by atoms with van der Waals surface area (Å²) in [6.07, 6.45) is 1.28. The van der Waals surface area contributed by atoms with E-state index in [1.807, 2.05) is 0 Å². The van der Waals surface area contributed by atoms with Gasteiger partial charge in [-0.05, 0) is 24.3 Å². The molecule has 1 aliphatic rings. The van der Waals surface area contributed by atoms with Crippen molar-refractivity contribution in [1.29, 1.82) is 0 Å². The third kappa shape index (κ3) is 3.63. The molecule has 1 aliphatic heterocycles. The van der Waals surface area contributed by atoms with E-state index in [-0.39, 0.29) is 12.1 Å². The molecule has 3 aromatic rings. The number of hydrogen-bond acceptors (Lipinski definition) is 6. The summed E-state index contributed by atoms with van der Waals surface area (Å²) in [7, 11) is 0. The molecule has 1 aromatic heterocycles. The quantitative estimate of drug-likeness (QED) is 0.713. The molecule has 0 spiro atoms. The van der Waals surface area contributed by atoms with E-state index in [1.165, 1.54) is 6.33 Å². The number of ether oxygens (including phenoxy) is 2. The molecule has 0 unspecified atom stereocenters. The van der Waals surface area contributed by atoms with Crippen molar-refractivity contribution in [2.24, 2.45) is 0 Å². The summed E-state index contributed by atoms with van der Waals surface area (Å²) in [5, 5.41) is 5.13. The van der Waals surface area contributed by atoms with Gasteiger partial charge in [0.05, 0.1) is 17.2 Å². The number of amides is 3. The highest BCUT2D eigenvalue weighted by atomic mass is 16.6. The molecule has 0 fully saturated rings. The van der Waals surface area contributed by atoms with Crippen LogP contribution >= 0.6 is 0 Å². The molecule has 4 rings (SSSR count).